The lowest BCUT2D eigenvalue weighted by atomic mass is 10.1. The van der Waals surface area contributed by atoms with Crippen LogP contribution in [-0.4, -0.2) is 28.5 Å². The van der Waals surface area contributed by atoms with E-state index < -0.39 is 5.97 Å². The number of carbonyl (C=O) groups is 2. The fourth-order valence-electron chi connectivity index (χ4n) is 2.33. The number of rotatable bonds is 6. The van der Waals surface area contributed by atoms with Gasteiger partial charge < -0.3 is 10.1 Å². The zero-order chi connectivity index (χ0) is 18.4. The van der Waals surface area contributed by atoms with Gasteiger partial charge in [-0.25, -0.2) is 9.78 Å². The summed E-state index contributed by atoms with van der Waals surface area (Å²) in [5.74, 6) is -1.07. The van der Waals surface area contributed by atoms with Crippen molar-refractivity contribution < 1.29 is 14.3 Å². The van der Waals surface area contributed by atoms with E-state index in [1.165, 1.54) is 12.4 Å². The Bertz CT molecular complexity index is 865. The Labute approximate surface area is 154 Å². The number of ether oxygens (including phenoxy) is 1. The molecule has 6 nitrogen and oxygen atoms in total. The standard InChI is InChI=1S/C19H17N3O3S/c1-13-10-21-15(11-20-13)19(24)25-12-17(23)22-18(16-8-5-9-26-16)14-6-3-2-4-7-14/h2-11,18H,12H2,1H3,(H,22,23)/t18-/m1/s1. The molecule has 3 aromatic rings. The van der Waals surface area contributed by atoms with Crippen molar-refractivity contribution in [2.75, 3.05) is 6.61 Å². The minimum atomic E-state index is -0.681. The molecule has 0 spiro atoms. The number of aromatic nitrogens is 2. The van der Waals surface area contributed by atoms with E-state index in [4.69, 9.17) is 4.74 Å². The average molecular weight is 367 g/mol. The summed E-state index contributed by atoms with van der Waals surface area (Å²) in [5, 5.41) is 4.86. The summed E-state index contributed by atoms with van der Waals surface area (Å²) in [6, 6.07) is 13.2. The molecule has 3 rings (SSSR count). The SMILES string of the molecule is Cc1cnc(C(=O)OCC(=O)N[C@H](c2ccccc2)c2cccs2)cn1. The first-order valence-corrected chi connectivity index (χ1v) is 8.85. The summed E-state index contributed by atoms with van der Waals surface area (Å²) in [4.78, 5) is 33.2. The average Bonchev–Trinajstić information content (AvgIpc) is 3.20. The fourth-order valence-corrected chi connectivity index (χ4v) is 3.13. The van der Waals surface area contributed by atoms with Gasteiger partial charge in [0.15, 0.2) is 12.3 Å². The quantitative estimate of drug-likeness (QED) is 0.678. The van der Waals surface area contributed by atoms with Gasteiger partial charge in [-0.05, 0) is 23.9 Å². The lowest BCUT2D eigenvalue weighted by molar-refractivity contribution is -0.124. The third kappa shape index (κ3) is 4.52. The molecule has 0 saturated carbocycles. The third-order valence-corrected chi connectivity index (χ3v) is 4.53. The topological polar surface area (TPSA) is 81.2 Å². The van der Waals surface area contributed by atoms with Gasteiger partial charge in [0.05, 0.1) is 17.9 Å². The molecule has 0 radical (unpaired) electrons. The Hall–Kier alpha value is -3.06. The highest BCUT2D eigenvalue weighted by Gasteiger charge is 2.19. The van der Waals surface area contributed by atoms with Crippen LogP contribution in [0.2, 0.25) is 0 Å². The lowest BCUT2D eigenvalue weighted by Gasteiger charge is -2.18. The molecule has 1 amide bonds. The van der Waals surface area contributed by atoms with E-state index >= 15 is 0 Å². The number of carbonyl (C=O) groups excluding carboxylic acids is 2. The minimum absolute atomic E-state index is 0.0706. The molecular weight excluding hydrogens is 350 g/mol. The van der Waals surface area contributed by atoms with Crippen LogP contribution in [0.25, 0.3) is 0 Å². The Morgan fingerprint density at radius 1 is 1.12 bits per heavy atom. The molecule has 0 aliphatic heterocycles. The number of hydrogen-bond acceptors (Lipinski definition) is 6. The largest absolute Gasteiger partial charge is 0.451 e. The monoisotopic (exact) mass is 367 g/mol. The van der Waals surface area contributed by atoms with Gasteiger partial charge in [-0.3, -0.25) is 9.78 Å². The molecule has 0 bridgehead atoms. The first-order chi connectivity index (χ1) is 12.6. The highest BCUT2D eigenvalue weighted by Crippen LogP contribution is 2.25. The molecular formula is C19H17N3O3S. The van der Waals surface area contributed by atoms with Crippen molar-refractivity contribution in [3.05, 3.63) is 82.1 Å². The van der Waals surface area contributed by atoms with Crippen LogP contribution in [0, 0.1) is 6.92 Å². The van der Waals surface area contributed by atoms with Crippen molar-refractivity contribution in [2.24, 2.45) is 0 Å². The Balaban J connectivity index is 1.63. The molecule has 7 heteroatoms. The Morgan fingerprint density at radius 3 is 2.58 bits per heavy atom. The number of nitrogens with one attached hydrogen (secondary N) is 1. The summed E-state index contributed by atoms with van der Waals surface area (Å²) >= 11 is 1.55. The molecule has 132 valence electrons. The number of hydrogen-bond donors (Lipinski definition) is 1. The van der Waals surface area contributed by atoms with Crippen LogP contribution in [0.3, 0.4) is 0 Å². The summed E-state index contributed by atoms with van der Waals surface area (Å²) in [6.45, 7) is 1.38. The summed E-state index contributed by atoms with van der Waals surface area (Å²) in [5.41, 5.74) is 1.72. The Kier molecular flexibility index (Phi) is 5.70. The second-order valence-electron chi connectivity index (χ2n) is 5.55. The van der Waals surface area contributed by atoms with E-state index in [2.05, 4.69) is 15.3 Å². The van der Waals surface area contributed by atoms with Gasteiger partial charge in [-0.1, -0.05) is 36.4 Å². The maximum atomic E-state index is 12.3. The normalized spacial score (nSPS) is 11.6. The van der Waals surface area contributed by atoms with Crippen LogP contribution in [0.1, 0.15) is 32.7 Å². The van der Waals surface area contributed by atoms with Crippen LogP contribution in [0.15, 0.2) is 60.2 Å². The number of thiophene rings is 1. The molecule has 1 N–H and O–H groups in total. The van der Waals surface area contributed by atoms with Gasteiger partial charge in [-0.15, -0.1) is 11.3 Å². The first kappa shape index (κ1) is 17.8. The molecule has 0 fully saturated rings. The van der Waals surface area contributed by atoms with Crippen molar-refractivity contribution in [2.45, 2.75) is 13.0 Å². The third-order valence-electron chi connectivity index (χ3n) is 3.59. The Morgan fingerprint density at radius 2 is 1.92 bits per heavy atom. The van der Waals surface area contributed by atoms with Crippen molar-refractivity contribution in [3.63, 3.8) is 0 Å². The van der Waals surface area contributed by atoms with E-state index in [9.17, 15) is 9.59 Å². The molecule has 0 unspecified atom stereocenters. The van der Waals surface area contributed by atoms with E-state index in [0.29, 0.717) is 5.69 Å². The number of esters is 1. The number of amides is 1. The molecule has 0 saturated heterocycles. The summed E-state index contributed by atoms with van der Waals surface area (Å²) < 4.78 is 5.03. The van der Waals surface area contributed by atoms with Gasteiger partial charge in [-0.2, -0.15) is 0 Å². The molecule has 1 aromatic carbocycles. The predicted octanol–water partition coefficient (Wildman–Crippen LogP) is 2.91. The molecule has 26 heavy (non-hydrogen) atoms. The second-order valence-corrected chi connectivity index (χ2v) is 6.53. The van der Waals surface area contributed by atoms with Crippen molar-refractivity contribution in [3.8, 4) is 0 Å². The molecule has 0 aliphatic carbocycles. The van der Waals surface area contributed by atoms with Crippen LogP contribution < -0.4 is 5.32 Å². The molecule has 2 aromatic heterocycles. The maximum Gasteiger partial charge on any atom is 0.359 e. The zero-order valence-electron chi connectivity index (χ0n) is 14.1. The molecule has 1 atom stereocenters. The smallest absolute Gasteiger partial charge is 0.359 e. The highest BCUT2D eigenvalue weighted by molar-refractivity contribution is 7.10. The van der Waals surface area contributed by atoms with E-state index in [1.807, 2.05) is 47.8 Å². The van der Waals surface area contributed by atoms with Crippen LogP contribution in [0.4, 0.5) is 0 Å². The van der Waals surface area contributed by atoms with Gasteiger partial charge in [0, 0.05) is 11.1 Å². The van der Waals surface area contributed by atoms with E-state index in [1.54, 1.807) is 18.3 Å². The van der Waals surface area contributed by atoms with E-state index in [0.717, 1.165) is 10.4 Å². The lowest BCUT2D eigenvalue weighted by Crippen LogP contribution is -2.32. The van der Waals surface area contributed by atoms with Gasteiger partial charge >= 0.3 is 5.97 Å². The van der Waals surface area contributed by atoms with Crippen LogP contribution in [-0.2, 0) is 9.53 Å². The van der Waals surface area contributed by atoms with Gasteiger partial charge in [0.1, 0.15) is 0 Å². The number of benzene rings is 1. The summed E-state index contributed by atoms with van der Waals surface area (Å²) in [6.07, 6.45) is 2.80. The van der Waals surface area contributed by atoms with Crippen molar-refractivity contribution >= 4 is 23.2 Å². The zero-order valence-corrected chi connectivity index (χ0v) is 14.9. The van der Waals surface area contributed by atoms with Crippen molar-refractivity contribution in [1.82, 2.24) is 15.3 Å². The van der Waals surface area contributed by atoms with Crippen molar-refractivity contribution in [1.29, 1.82) is 0 Å². The highest BCUT2D eigenvalue weighted by atomic mass is 32.1. The predicted molar refractivity (Wildman–Crippen MR) is 97.8 cm³/mol. The summed E-state index contributed by atoms with van der Waals surface area (Å²) in [7, 11) is 0. The van der Waals surface area contributed by atoms with E-state index in [-0.39, 0.29) is 24.2 Å². The molecule has 2 heterocycles. The minimum Gasteiger partial charge on any atom is -0.451 e. The fraction of sp³-hybridized carbons (Fsp3) is 0.158. The number of nitrogens with zero attached hydrogens (tertiary/aromatic N) is 2. The van der Waals surface area contributed by atoms with Crippen LogP contribution in [0.5, 0.6) is 0 Å². The van der Waals surface area contributed by atoms with Gasteiger partial charge in [0.2, 0.25) is 0 Å². The maximum absolute atomic E-state index is 12.3. The van der Waals surface area contributed by atoms with Crippen LogP contribution >= 0.6 is 11.3 Å². The first-order valence-electron chi connectivity index (χ1n) is 7.97. The van der Waals surface area contributed by atoms with Gasteiger partial charge in [0.25, 0.3) is 5.91 Å². The number of aryl methyl sites for hydroxylation is 1. The second kappa shape index (κ2) is 8.35. The molecule has 0 aliphatic rings.